The number of carbonyl (C=O) groups is 2. The lowest BCUT2D eigenvalue weighted by Crippen LogP contribution is -2.40. The van der Waals surface area contributed by atoms with Crippen LogP contribution in [-0.4, -0.2) is 34.7 Å². The van der Waals surface area contributed by atoms with Crippen LogP contribution in [0.15, 0.2) is 24.3 Å². The summed E-state index contributed by atoms with van der Waals surface area (Å²) in [5, 5.41) is 4.72. The molecule has 0 bridgehead atoms. The highest BCUT2D eigenvalue weighted by Crippen LogP contribution is 2.33. The van der Waals surface area contributed by atoms with Crippen LogP contribution in [0.25, 0.3) is 0 Å². The first-order valence-corrected chi connectivity index (χ1v) is 8.60. The summed E-state index contributed by atoms with van der Waals surface area (Å²) < 4.78 is 55.3. The summed E-state index contributed by atoms with van der Waals surface area (Å²) in [6.45, 7) is 4.28. The zero-order valence-corrected chi connectivity index (χ0v) is 16.0. The van der Waals surface area contributed by atoms with E-state index >= 15 is 0 Å². The molecule has 0 radical (unpaired) electrons. The van der Waals surface area contributed by atoms with Crippen molar-refractivity contribution in [2.45, 2.75) is 33.0 Å². The number of anilines is 1. The first-order valence-electron chi connectivity index (χ1n) is 7.79. The summed E-state index contributed by atoms with van der Waals surface area (Å²) >= 11 is 0.210. The van der Waals surface area contributed by atoms with E-state index in [2.05, 4.69) is 15.9 Å². The topological polar surface area (TPSA) is 98.4 Å². The second kappa shape index (κ2) is 9.97. The number of nitrogens with zero attached hydrogens (tertiary/aromatic N) is 3. The van der Waals surface area contributed by atoms with Crippen molar-refractivity contribution in [2.75, 3.05) is 11.5 Å². The third-order valence-electron chi connectivity index (χ3n) is 2.86. The highest BCUT2D eigenvalue weighted by molar-refractivity contribution is 7.13. The van der Waals surface area contributed by atoms with E-state index in [0.29, 0.717) is 5.69 Å². The van der Waals surface area contributed by atoms with Crippen molar-refractivity contribution in [3.63, 3.8) is 0 Å². The lowest BCUT2D eigenvalue weighted by Gasteiger charge is -2.26. The number of nitrogens with two attached hydrogens (primary N) is 1. The molecule has 12 heteroatoms. The number of aromatic nitrogens is 2. The number of rotatable bonds is 5. The van der Waals surface area contributed by atoms with Crippen LogP contribution in [0.4, 0.5) is 23.2 Å². The van der Waals surface area contributed by atoms with Gasteiger partial charge in [0.2, 0.25) is 10.9 Å². The Morgan fingerprint density at radius 1 is 1.21 bits per heavy atom. The number of halogens is 4. The van der Waals surface area contributed by atoms with E-state index in [1.165, 1.54) is 36.1 Å². The van der Waals surface area contributed by atoms with Gasteiger partial charge in [0.15, 0.2) is 6.61 Å². The second-order valence-corrected chi connectivity index (χ2v) is 6.54. The van der Waals surface area contributed by atoms with Gasteiger partial charge in [0, 0.05) is 18.7 Å². The molecule has 2 rings (SSSR count). The highest BCUT2D eigenvalue weighted by Gasteiger charge is 2.36. The van der Waals surface area contributed by atoms with Crippen LogP contribution in [-0.2, 0) is 15.8 Å². The first-order chi connectivity index (χ1) is 12.9. The zero-order valence-electron chi connectivity index (χ0n) is 15.2. The number of alkyl halides is 3. The molecule has 0 unspecified atom stereocenters. The molecular formula is C16H18F4N4O3S. The van der Waals surface area contributed by atoms with Gasteiger partial charge in [-0.1, -0.05) is 16.4 Å². The number of primary amides is 1. The molecule has 2 N–H and O–H groups in total. The average Bonchev–Trinajstić information content (AvgIpc) is 3.03. The molecule has 7 nitrogen and oxygen atoms in total. The molecule has 0 saturated carbocycles. The predicted molar refractivity (Wildman–Crippen MR) is 94.3 cm³/mol. The van der Waals surface area contributed by atoms with Crippen LogP contribution in [0.5, 0.6) is 5.19 Å². The van der Waals surface area contributed by atoms with Crippen molar-refractivity contribution in [2.24, 2.45) is 5.73 Å². The molecule has 0 spiro atoms. The quantitative estimate of drug-likeness (QED) is 0.747. The second-order valence-electron chi connectivity index (χ2n) is 5.60. The maximum absolute atomic E-state index is 13.0. The largest absolute Gasteiger partial charge is 0.459 e. The minimum atomic E-state index is -4.61. The zero-order chi connectivity index (χ0) is 21.5. The molecule has 0 aliphatic rings. The lowest BCUT2D eigenvalue weighted by atomic mass is 10.2. The molecule has 0 aliphatic heterocycles. The molecule has 2 amide bonds. The van der Waals surface area contributed by atoms with Crippen LogP contribution in [0.2, 0.25) is 0 Å². The number of amides is 2. The fourth-order valence-electron chi connectivity index (χ4n) is 1.91. The first kappa shape index (κ1) is 23.3. The summed E-state index contributed by atoms with van der Waals surface area (Å²) in [7, 11) is 0. The number of benzene rings is 1. The van der Waals surface area contributed by atoms with Gasteiger partial charge in [0.05, 0.1) is 0 Å². The van der Waals surface area contributed by atoms with E-state index in [1.54, 1.807) is 13.8 Å². The van der Waals surface area contributed by atoms with E-state index in [0.717, 1.165) is 0 Å². The number of ether oxygens (including phenoxy) is 1. The van der Waals surface area contributed by atoms with E-state index in [1.807, 2.05) is 0 Å². The van der Waals surface area contributed by atoms with E-state index in [-0.39, 0.29) is 28.5 Å². The predicted octanol–water partition coefficient (Wildman–Crippen LogP) is 3.01. The van der Waals surface area contributed by atoms with Gasteiger partial charge in [0.1, 0.15) is 5.82 Å². The van der Waals surface area contributed by atoms with Gasteiger partial charge in [-0.3, -0.25) is 9.59 Å². The Bertz CT molecular complexity index is 790. The Labute approximate surface area is 162 Å². The van der Waals surface area contributed by atoms with Gasteiger partial charge in [0.25, 0.3) is 11.1 Å². The van der Waals surface area contributed by atoms with Crippen LogP contribution < -0.4 is 15.4 Å². The number of hydrogen-bond donors (Lipinski definition) is 1. The molecule has 1 aromatic carbocycles. The molecule has 2 aromatic rings. The third kappa shape index (κ3) is 7.47. The third-order valence-corrected chi connectivity index (χ3v) is 3.74. The highest BCUT2D eigenvalue weighted by atomic mass is 32.1. The summed E-state index contributed by atoms with van der Waals surface area (Å²) in [5.74, 6) is -1.28. The Morgan fingerprint density at radius 2 is 1.75 bits per heavy atom. The van der Waals surface area contributed by atoms with Crippen molar-refractivity contribution < 1.29 is 31.9 Å². The van der Waals surface area contributed by atoms with Crippen LogP contribution in [0.3, 0.4) is 0 Å². The Balaban J connectivity index is 0.000000892. The van der Waals surface area contributed by atoms with Crippen LogP contribution >= 0.6 is 11.3 Å². The van der Waals surface area contributed by atoms with Crippen molar-refractivity contribution >= 4 is 28.8 Å². The molecule has 0 aliphatic carbocycles. The molecule has 28 heavy (non-hydrogen) atoms. The smallest absolute Gasteiger partial charge is 0.445 e. The number of hydrogen-bond acceptors (Lipinski definition) is 6. The van der Waals surface area contributed by atoms with Crippen molar-refractivity contribution in [3.05, 3.63) is 35.1 Å². The summed E-state index contributed by atoms with van der Waals surface area (Å²) in [4.78, 5) is 22.9. The SMILES string of the molecule is CC(C)N(C(=O)COc1nnc(C(F)(F)F)s1)c1ccc(F)cc1.CC(N)=O. The van der Waals surface area contributed by atoms with Gasteiger partial charge in [-0.05, 0) is 38.1 Å². The molecule has 0 atom stereocenters. The van der Waals surface area contributed by atoms with Gasteiger partial charge in [-0.2, -0.15) is 13.2 Å². The maximum Gasteiger partial charge on any atom is 0.445 e. The molecule has 0 saturated heterocycles. The summed E-state index contributed by atoms with van der Waals surface area (Å²) in [5.41, 5.74) is 4.92. The van der Waals surface area contributed by atoms with Gasteiger partial charge in [-0.25, -0.2) is 4.39 Å². The van der Waals surface area contributed by atoms with Crippen molar-refractivity contribution in [3.8, 4) is 5.19 Å². The molecular weight excluding hydrogens is 404 g/mol. The Hall–Kier alpha value is -2.76. The van der Waals surface area contributed by atoms with Gasteiger partial charge < -0.3 is 15.4 Å². The minimum absolute atomic E-state index is 0.210. The summed E-state index contributed by atoms with van der Waals surface area (Å²) in [6.07, 6.45) is -4.61. The van der Waals surface area contributed by atoms with E-state index in [9.17, 15) is 27.2 Å². The van der Waals surface area contributed by atoms with E-state index in [4.69, 9.17) is 4.74 Å². The fourth-order valence-corrected chi connectivity index (χ4v) is 2.47. The maximum atomic E-state index is 13.0. The molecule has 0 fully saturated rings. The lowest BCUT2D eigenvalue weighted by molar-refractivity contribution is -0.138. The van der Waals surface area contributed by atoms with Crippen molar-refractivity contribution in [1.82, 2.24) is 10.2 Å². The Kier molecular flexibility index (Phi) is 8.29. The molecule has 1 aromatic heterocycles. The molecule has 1 heterocycles. The monoisotopic (exact) mass is 422 g/mol. The minimum Gasteiger partial charge on any atom is -0.459 e. The summed E-state index contributed by atoms with van der Waals surface area (Å²) in [6, 6.07) is 5.02. The van der Waals surface area contributed by atoms with Crippen LogP contribution in [0.1, 0.15) is 25.8 Å². The molecule has 154 valence electrons. The number of carbonyl (C=O) groups excluding carboxylic acids is 2. The van der Waals surface area contributed by atoms with E-state index < -0.39 is 29.5 Å². The Morgan fingerprint density at radius 3 is 2.18 bits per heavy atom. The normalized spacial score (nSPS) is 10.9. The standard InChI is InChI=1S/C14H13F4N3O2S.C2H5NO/c1-8(2)21(10-5-3-9(15)4-6-10)11(22)7-23-13-20-19-12(24-13)14(16,17)18;1-2(3)4/h3-6,8H,7H2,1-2H3;1H3,(H2,3,4). The average molecular weight is 422 g/mol. The van der Waals surface area contributed by atoms with Gasteiger partial charge >= 0.3 is 6.18 Å². The van der Waals surface area contributed by atoms with Crippen molar-refractivity contribution in [1.29, 1.82) is 0 Å². The van der Waals surface area contributed by atoms with Crippen LogP contribution in [0, 0.1) is 5.82 Å². The van der Waals surface area contributed by atoms with Gasteiger partial charge in [-0.15, -0.1) is 5.10 Å². The fraction of sp³-hybridized carbons (Fsp3) is 0.375.